The summed E-state index contributed by atoms with van der Waals surface area (Å²) in [6.07, 6.45) is 8.96. The van der Waals surface area contributed by atoms with Crippen molar-refractivity contribution >= 4 is 108 Å². The molecule has 10 heteroatoms. The molecule has 0 bridgehead atoms. The Morgan fingerprint density at radius 1 is 0.667 bits per heavy atom. The topological polar surface area (TPSA) is 0 Å². The van der Waals surface area contributed by atoms with Gasteiger partial charge in [-0.05, 0) is 25.0 Å². The Kier molecular flexibility index (Phi) is 14.3. The van der Waals surface area contributed by atoms with Crippen LogP contribution in [0.1, 0.15) is 0 Å². The first-order valence-electron chi connectivity index (χ1n) is 5.18. The first-order chi connectivity index (χ1) is 8.27. The third-order valence-electron chi connectivity index (χ3n) is 2.24. The highest BCUT2D eigenvalue weighted by Gasteiger charge is 2.17. The molecule has 0 aromatic carbocycles. The van der Waals surface area contributed by atoms with Gasteiger partial charge in [-0.1, -0.05) is 21.6 Å². The summed E-state index contributed by atoms with van der Waals surface area (Å²) in [7, 11) is 3.29. The van der Waals surface area contributed by atoms with Crippen LogP contribution in [-0.2, 0) is 0 Å². The second-order valence-corrected chi connectivity index (χ2v) is 21.8. The van der Waals surface area contributed by atoms with Crippen LogP contribution in [0.4, 0.5) is 0 Å². The fourth-order valence-corrected chi connectivity index (χ4v) is 21.8. The van der Waals surface area contributed by atoms with Crippen LogP contribution < -0.4 is 0 Å². The largest absolute Gasteiger partial charge is 0.199 e. The molecule has 0 N–H and O–H groups in total. The van der Waals surface area contributed by atoms with E-state index in [0.717, 1.165) is 0 Å². The molecule has 0 saturated carbocycles. The molecule has 4 unspecified atom stereocenters. The van der Waals surface area contributed by atoms with E-state index in [9.17, 15) is 0 Å². The number of rotatable bonds is 9. The van der Waals surface area contributed by atoms with Crippen molar-refractivity contribution in [2.75, 3.05) is 36.5 Å². The zero-order valence-electron chi connectivity index (χ0n) is 11.0. The Morgan fingerprint density at radius 3 is 1.06 bits per heavy atom. The van der Waals surface area contributed by atoms with Crippen molar-refractivity contribution in [3.05, 3.63) is 0 Å². The lowest BCUT2D eigenvalue weighted by Crippen LogP contribution is -2.07. The van der Waals surface area contributed by atoms with Gasteiger partial charge in [-0.2, -0.15) is 39.7 Å². The summed E-state index contributed by atoms with van der Waals surface area (Å²) in [6.45, 7) is 0. The summed E-state index contributed by atoms with van der Waals surface area (Å²) < 4.78 is 1.38. The van der Waals surface area contributed by atoms with Crippen molar-refractivity contribution < 1.29 is 0 Å². The predicted octanol–water partition coefficient (Wildman–Crippen LogP) is 4.92. The maximum Gasteiger partial charge on any atom is 0.0396 e. The second-order valence-electron chi connectivity index (χ2n) is 3.82. The average Bonchev–Trinajstić information content (AvgIpc) is 2.20. The Balaban J connectivity index is 3.96. The molecule has 0 nitrogen and oxygen atoms in total. The van der Waals surface area contributed by atoms with Gasteiger partial charge in [0.15, 0.2) is 0 Å². The summed E-state index contributed by atoms with van der Waals surface area (Å²) in [5, 5.41) is 0. The van der Waals surface area contributed by atoms with Gasteiger partial charge in [0, 0.05) is 20.7 Å². The van der Waals surface area contributed by atoms with E-state index in [-0.39, 0.29) is 39.7 Å². The molecule has 0 aliphatic carbocycles. The fraction of sp³-hybridized carbons (Fsp3) is 1.00. The number of hydrogen-bond donors (Lipinski definition) is 8. The first-order valence-corrected chi connectivity index (χ1v) is 19.7. The molecular weight excluding hydrogens is 417 g/mol. The van der Waals surface area contributed by atoms with Crippen LogP contribution in [0.2, 0.25) is 0 Å². The van der Waals surface area contributed by atoms with Crippen molar-refractivity contribution in [2.24, 2.45) is 0 Å². The van der Waals surface area contributed by atoms with E-state index >= 15 is 0 Å². The lowest BCUT2D eigenvalue weighted by atomic mass is 10.9. The molecule has 0 radical (unpaired) electrons. The van der Waals surface area contributed by atoms with Gasteiger partial charge < -0.3 is 0 Å². The van der Waals surface area contributed by atoms with Crippen LogP contribution in [-0.4, -0.2) is 45.7 Å². The summed E-state index contributed by atoms with van der Waals surface area (Å²) in [5.41, 5.74) is 0. The van der Waals surface area contributed by atoms with Crippen LogP contribution in [0.3, 0.4) is 0 Å². The van der Waals surface area contributed by atoms with Gasteiger partial charge >= 0.3 is 0 Å². The maximum absolute atomic E-state index is 4.63. The van der Waals surface area contributed by atoms with Crippen molar-refractivity contribution in [1.82, 2.24) is 0 Å². The molecule has 118 valence electrons. The molecule has 0 amide bonds. The van der Waals surface area contributed by atoms with E-state index < -0.39 is 0 Å². The van der Waals surface area contributed by atoms with E-state index in [2.05, 4.69) is 71.7 Å². The van der Waals surface area contributed by atoms with Crippen LogP contribution >= 0.6 is 108 Å². The number of hydrogen-bond acceptors (Lipinski definition) is 6. The molecule has 0 aromatic rings. The Labute approximate surface area is 152 Å². The first kappa shape index (κ1) is 21.5. The molecular formula is C8H26S10. The smallest absolute Gasteiger partial charge is 0.0396 e. The van der Waals surface area contributed by atoms with Gasteiger partial charge in [-0.3, -0.25) is 0 Å². The Bertz CT molecular complexity index is 168. The van der Waals surface area contributed by atoms with Gasteiger partial charge in [0.25, 0.3) is 0 Å². The second kappa shape index (κ2) is 12.0. The van der Waals surface area contributed by atoms with Crippen molar-refractivity contribution in [2.45, 2.75) is 9.16 Å². The van der Waals surface area contributed by atoms with Gasteiger partial charge in [-0.25, -0.2) is 0 Å². The minimum atomic E-state index is -0.170. The van der Waals surface area contributed by atoms with Gasteiger partial charge in [0.2, 0.25) is 0 Å². The highest BCUT2D eigenvalue weighted by Crippen LogP contribution is 2.53. The standard InChI is InChI=1S/C8H26S10/c1-15(9)7(16(2)10)5-13-14-6-8(17(3)11)18(4)12/h7-12,15-18H,5-6H2,1-4H3. The summed E-state index contributed by atoms with van der Waals surface area (Å²) in [5.74, 6) is 2.36. The minimum Gasteiger partial charge on any atom is -0.199 e. The molecule has 0 aliphatic heterocycles. The molecule has 0 aromatic heterocycles. The zero-order chi connectivity index (χ0) is 14.3. The summed E-state index contributed by atoms with van der Waals surface area (Å²) in [6, 6.07) is 0. The van der Waals surface area contributed by atoms with Gasteiger partial charge in [-0.15, -0.1) is 46.6 Å². The third-order valence-corrected chi connectivity index (χ3v) is 19.5. The molecule has 0 saturated heterocycles. The molecule has 0 aliphatic rings. The molecule has 18 heavy (non-hydrogen) atoms. The Morgan fingerprint density at radius 2 is 0.889 bits per heavy atom. The molecule has 0 rings (SSSR count). The van der Waals surface area contributed by atoms with E-state index in [1.165, 1.54) is 11.5 Å². The number of thiol groups is 8. The fourth-order valence-electron chi connectivity index (χ4n) is 1.13. The third kappa shape index (κ3) is 9.50. The van der Waals surface area contributed by atoms with Gasteiger partial charge in [0.05, 0.1) is 0 Å². The van der Waals surface area contributed by atoms with E-state index in [0.29, 0.717) is 9.16 Å². The van der Waals surface area contributed by atoms with Crippen LogP contribution in [0.5, 0.6) is 0 Å². The quantitative estimate of drug-likeness (QED) is 0.145. The monoisotopic (exact) mass is 442 g/mol. The Hall–Kier alpha value is 3.50. The molecule has 0 heterocycles. The predicted molar refractivity (Wildman–Crippen MR) is 128 cm³/mol. The van der Waals surface area contributed by atoms with Gasteiger partial charge in [0.1, 0.15) is 0 Å². The van der Waals surface area contributed by atoms with Crippen molar-refractivity contribution in [3.8, 4) is 0 Å². The molecule has 0 spiro atoms. The van der Waals surface area contributed by atoms with Crippen LogP contribution in [0.15, 0.2) is 0 Å². The molecule has 4 atom stereocenters. The highest BCUT2D eigenvalue weighted by molar-refractivity contribution is 8.89. The van der Waals surface area contributed by atoms with Crippen LogP contribution in [0, 0.1) is 0 Å². The highest BCUT2D eigenvalue weighted by atomic mass is 33.1. The lowest BCUT2D eigenvalue weighted by Gasteiger charge is -2.30. The van der Waals surface area contributed by atoms with E-state index in [4.69, 9.17) is 0 Å². The average molecular weight is 443 g/mol. The van der Waals surface area contributed by atoms with E-state index in [1.807, 2.05) is 21.6 Å². The van der Waals surface area contributed by atoms with E-state index in [1.54, 1.807) is 0 Å². The zero-order valence-corrected chi connectivity index (χ0v) is 19.8. The minimum absolute atomic E-state index is 0.170. The van der Waals surface area contributed by atoms with Crippen LogP contribution in [0.25, 0.3) is 0 Å². The normalized spacial score (nSPS) is 26.0. The van der Waals surface area contributed by atoms with Crippen molar-refractivity contribution in [3.63, 3.8) is 0 Å². The summed E-state index contributed by atoms with van der Waals surface area (Å²) in [4.78, 5) is 0. The maximum atomic E-state index is 4.63. The SMILES string of the molecule is C[SH](S)C(CSSCC([SH](C)S)[SH](C)S)[SH](C)S. The summed E-state index contributed by atoms with van der Waals surface area (Å²) >= 11 is 18.5. The molecule has 0 fully saturated rings. The lowest BCUT2D eigenvalue weighted by molar-refractivity contribution is 1.45. The van der Waals surface area contributed by atoms with Crippen molar-refractivity contribution in [1.29, 1.82) is 0 Å².